The number of aliphatic imine (C=N–C) groups is 1. The van der Waals surface area contributed by atoms with Gasteiger partial charge >= 0.3 is 0 Å². The van der Waals surface area contributed by atoms with Gasteiger partial charge in [-0.15, -0.1) is 35.3 Å². The van der Waals surface area contributed by atoms with Crippen LogP contribution in [0.5, 0.6) is 5.75 Å². The average Bonchev–Trinajstić information content (AvgIpc) is 3.06. The van der Waals surface area contributed by atoms with Crippen molar-refractivity contribution in [3.8, 4) is 5.75 Å². The van der Waals surface area contributed by atoms with Crippen LogP contribution in [0.15, 0.2) is 41.5 Å². The van der Waals surface area contributed by atoms with Crippen molar-refractivity contribution >= 4 is 41.3 Å². The van der Waals surface area contributed by atoms with Gasteiger partial charge in [0.1, 0.15) is 11.9 Å². The largest absolute Gasteiger partial charge is 0.490 e. The fraction of sp³-hybridized carbons (Fsp3) is 0.474. The lowest BCUT2D eigenvalue weighted by Gasteiger charge is -2.34. The standard InChI is InChI=1S/C19H26N4OS.HI/c1-3-20-19(22-14-18-13-21-15(2)25-18)23-11-9-17(10-12-23)24-16-7-5-4-6-8-16;/h4-8,13,17H,3,9-12,14H2,1-2H3,(H,20,22);1H. The fourth-order valence-electron chi connectivity index (χ4n) is 2.93. The number of halogens is 1. The highest BCUT2D eigenvalue weighted by molar-refractivity contribution is 14.0. The van der Waals surface area contributed by atoms with E-state index in [2.05, 4.69) is 22.1 Å². The van der Waals surface area contributed by atoms with Crippen LogP contribution in [0.4, 0.5) is 0 Å². The fourth-order valence-corrected chi connectivity index (χ4v) is 3.65. The summed E-state index contributed by atoms with van der Waals surface area (Å²) in [5.74, 6) is 1.95. The molecule has 7 heteroatoms. The molecule has 1 aliphatic rings. The van der Waals surface area contributed by atoms with Crippen LogP contribution in [0.1, 0.15) is 29.7 Å². The maximum Gasteiger partial charge on any atom is 0.194 e. The summed E-state index contributed by atoms with van der Waals surface area (Å²) in [6, 6.07) is 10.1. The number of para-hydroxylation sites is 1. The number of ether oxygens (including phenoxy) is 1. The molecule has 0 aliphatic carbocycles. The van der Waals surface area contributed by atoms with Crippen LogP contribution < -0.4 is 10.1 Å². The first-order chi connectivity index (χ1) is 12.2. The van der Waals surface area contributed by atoms with Gasteiger partial charge in [-0.05, 0) is 26.0 Å². The van der Waals surface area contributed by atoms with Crippen LogP contribution in [0, 0.1) is 6.92 Å². The van der Waals surface area contributed by atoms with Crippen LogP contribution in [-0.4, -0.2) is 41.6 Å². The van der Waals surface area contributed by atoms with Crippen molar-refractivity contribution in [2.75, 3.05) is 19.6 Å². The Bertz CT molecular complexity index is 684. The minimum absolute atomic E-state index is 0. The number of hydrogen-bond acceptors (Lipinski definition) is 4. The molecule has 26 heavy (non-hydrogen) atoms. The molecule has 2 aromatic rings. The zero-order valence-electron chi connectivity index (χ0n) is 15.4. The summed E-state index contributed by atoms with van der Waals surface area (Å²) in [7, 11) is 0. The third kappa shape index (κ3) is 6.12. The summed E-state index contributed by atoms with van der Waals surface area (Å²) in [4.78, 5) is 12.6. The predicted molar refractivity (Wildman–Crippen MR) is 119 cm³/mol. The molecule has 0 radical (unpaired) electrons. The first-order valence-corrected chi connectivity index (χ1v) is 9.72. The minimum atomic E-state index is 0. The van der Waals surface area contributed by atoms with Crippen LogP contribution in [0.25, 0.3) is 0 Å². The van der Waals surface area contributed by atoms with Gasteiger partial charge in [0, 0.05) is 43.5 Å². The molecule has 3 rings (SSSR count). The van der Waals surface area contributed by atoms with E-state index in [9.17, 15) is 0 Å². The second-order valence-corrected chi connectivity index (χ2v) is 7.45. The number of nitrogens with zero attached hydrogens (tertiary/aromatic N) is 3. The second-order valence-electron chi connectivity index (χ2n) is 6.13. The molecule has 142 valence electrons. The van der Waals surface area contributed by atoms with Crippen LogP contribution >= 0.6 is 35.3 Å². The first kappa shape index (κ1) is 21.0. The predicted octanol–water partition coefficient (Wildman–Crippen LogP) is 4.08. The van der Waals surface area contributed by atoms with Crippen LogP contribution in [0.2, 0.25) is 0 Å². The van der Waals surface area contributed by atoms with Crippen molar-refractivity contribution in [1.29, 1.82) is 0 Å². The molecule has 2 heterocycles. The van der Waals surface area contributed by atoms with Gasteiger partial charge in [-0.3, -0.25) is 0 Å². The lowest BCUT2D eigenvalue weighted by molar-refractivity contribution is 0.129. The molecule has 1 N–H and O–H groups in total. The van der Waals surface area contributed by atoms with Crippen molar-refractivity contribution in [2.24, 2.45) is 4.99 Å². The molecule has 0 bridgehead atoms. The lowest BCUT2D eigenvalue weighted by Crippen LogP contribution is -2.47. The Kier molecular flexibility index (Phi) is 8.64. The molecule has 1 saturated heterocycles. The molecule has 0 amide bonds. The summed E-state index contributed by atoms with van der Waals surface area (Å²) in [5.41, 5.74) is 0. The summed E-state index contributed by atoms with van der Waals surface area (Å²) in [6.07, 6.45) is 4.23. The molecule has 5 nitrogen and oxygen atoms in total. The highest BCUT2D eigenvalue weighted by Gasteiger charge is 2.22. The monoisotopic (exact) mass is 486 g/mol. The third-order valence-corrected chi connectivity index (χ3v) is 5.07. The SMILES string of the molecule is CCNC(=NCc1cnc(C)s1)N1CCC(Oc2ccccc2)CC1.I. The van der Waals surface area contributed by atoms with E-state index in [1.807, 2.05) is 43.5 Å². The van der Waals surface area contributed by atoms with E-state index in [1.165, 1.54) is 4.88 Å². The summed E-state index contributed by atoms with van der Waals surface area (Å²) in [6.45, 7) is 7.63. The Hall–Kier alpha value is -1.35. The number of benzene rings is 1. The number of guanidine groups is 1. The summed E-state index contributed by atoms with van der Waals surface area (Å²) >= 11 is 1.71. The lowest BCUT2D eigenvalue weighted by atomic mass is 10.1. The zero-order valence-corrected chi connectivity index (χ0v) is 18.5. The molecular weight excluding hydrogens is 459 g/mol. The Labute approximate surface area is 176 Å². The average molecular weight is 486 g/mol. The molecule has 1 fully saturated rings. The number of likely N-dealkylation sites (tertiary alicyclic amines) is 1. The number of aromatic nitrogens is 1. The Morgan fingerprint density at radius 3 is 2.65 bits per heavy atom. The molecule has 1 aromatic heterocycles. The van der Waals surface area contributed by atoms with Crippen molar-refractivity contribution in [3.05, 3.63) is 46.4 Å². The van der Waals surface area contributed by atoms with Crippen LogP contribution in [-0.2, 0) is 6.54 Å². The van der Waals surface area contributed by atoms with E-state index < -0.39 is 0 Å². The van der Waals surface area contributed by atoms with Crippen molar-refractivity contribution in [2.45, 2.75) is 39.3 Å². The van der Waals surface area contributed by atoms with Gasteiger partial charge in [-0.1, -0.05) is 18.2 Å². The van der Waals surface area contributed by atoms with Gasteiger partial charge in [-0.25, -0.2) is 9.98 Å². The maximum atomic E-state index is 6.08. The topological polar surface area (TPSA) is 49.8 Å². The van der Waals surface area contributed by atoms with Crippen molar-refractivity contribution < 1.29 is 4.74 Å². The number of nitrogens with one attached hydrogen (secondary N) is 1. The molecule has 0 saturated carbocycles. The molecule has 1 aliphatic heterocycles. The van der Waals surface area contributed by atoms with Crippen molar-refractivity contribution in [1.82, 2.24) is 15.2 Å². The Balaban J connectivity index is 0.00000243. The Morgan fingerprint density at radius 1 is 1.31 bits per heavy atom. The summed E-state index contributed by atoms with van der Waals surface area (Å²) in [5, 5.41) is 4.50. The number of rotatable bonds is 5. The molecular formula is C19H27IN4OS. The molecule has 0 spiro atoms. The van der Waals surface area contributed by atoms with Crippen molar-refractivity contribution in [3.63, 3.8) is 0 Å². The quantitative estimate of drug-likeness (QED) is 0.393. The maximum absolute atomic E-state index is 6.08. The third-order valence-electron chi connectivity index (χ3n) is 4.18. The van der Waals surface area contributed by atoms with E-state index in [1.54, 1.807) is 11.3 Å². The van der Waals surface area contributed by atoms with E-state index in [4.69, 9.17) is 9.73 Å². The normalized spacial score (nSPS) is 15.5. The second kappa shape index (κ2) is 10.7. The molecule has 1 aromatic carbocycles. The van der Waals surface area contributed by atoms with E-state index in [-0.39, 0.29) is 30.1 Å². The number of hydrogen-bond donors (Lipinski definition) is 1. The number of aryl methyl sites for hydroxylation is 1. The highest BCUT2D eigenvalue weighted by Crippen LogP contribution is 2.19. The smallest absolute Gasteiger partial charge is 0.194 e. The van der Waals surface area contributed by atoms with Gasteiger partial charge in [-0.2, -0.15) is 0 Å². The van der Waals surface area contributed by atoms with Gasteiger partial charge in [0.25, 0.3) is 0 Å². The first-order valence-electron chi connectivity index (χ1n) is 8.91. The van der Waals surface area contributed by atoms with Gasteiger partial charge in [0.2, 0.25) is 0 Å². The Morgan fingerprint density at radius 2 is 2.04 bits per heavy atom. The van der Waals surface area contributed by atoms with Gasteiger partial charge in [0.15, 0.2) is 5.96 Å². The van der Waals surface area contributed by atoms with E-state index in [0.29, 0.717) is 6.54 Å². The van der Waals surface area contributed by atoms with Crippen LogP contribution in [0.3, 0.4) is 0 Å². The zero-order chi connectivity index (χ0) is 17.5. The van der Waals surface area contributed by atoms with Gasteiger partial charge < -0.3 is 15.0 Å². The summed E-state index contributed by atoms with van der Waals surface area (Å²) < 4.78 is 6.08. The number of piperidine rings is 1. The van der Waals surface area contributed by atoms with E-state index in [0.717, 1.165) is 49.2 Å². The minimum Gasteiger partial charge on any atom is -0.490 e. The molecule has 0 unspecified atom stereocenters. The van der Waals surface area contributed by atoms with E-state index >= 15 is 0 Å². The molecule has 0 atom stereocenters. The van der Waals surface area contributed by atoms with Gasteiger partial charge in [0.05, 0.1) is 11.6 Å². The highest BCUT2D eigenvalue weighted by atomic mass is 127. The number of thiazole rings is 1.